The number of aromatic nitrogens is 3. The molecular weight excluding hydrogens is 541 g/mol. The van der Waals surface area contributed by atoms with Gasteiger partial charge in [-0.05, 0) is 46.0 Å². The van der Waals surface area contributed by atoms with Crippen molar-refractivity contribution in [3.63, 3.8) is 0 Å². The zero-order valence-corrected chi connectivity index (χ0v) is 23.3. The van der Waals surface area contributed by atoms with Gasteiger partial charge in [-0.2, -0.15) is 13.2 Å². The van der Waals surface area contributed by atoms with Crippen LogP contribution >= 0.6 is 11.3 Å². The maximum Gasteiger partial charge on any atom is 0.416 e. The third kappa shape index (κ3) is 5.84. The molecule has 0 radical (unpaired) electrons. The number of amides is 1. The van der Waals surface area contributed by atoms with E-state index >= 15 is 0 Å². The Hall–Kier alpha value is -3.48. The summed E-state index contributed by atoms with van der Waals surface area (Å²) in [5, 5.41) is 0.603. The van der Waals surface area contributed by atoms with Crippen LogP contribution in [0.4, 0.5) is 13.2 Å². The summed E-state index contributed by atoms with van der Waals surface area (Å²) in [6.45, 7) is 4.21. The summed E-state index contributed by atoms with van der Waals surface area (Å²) in [6.07, 6.45) is 0.0421. The average molecular weight is 573 g/mol. The van der Waals surface area contributed by atoms with E-state index in [0.29, 0.717) is 23.1 Å². The van der Waals surface area contributed by atoms with Crippen LogP contribution in [0.5, 0.6) is 5.75 Å². The molecule has 1 saturated heterocycles. The van der Waals surface area contributed by atoms with E-state index < -0.39 is 23.8 Å². The van der Waals surface area contributed by atoms with Crippen molar-refractivity contribution in [3.8, 4) is 10.8 Å². The number of likely N-dealkylation sites (tertiary alicyclic amines) is 1. The minimum absolute atomic E-state index is 0.0309. The van der Waals surface area contributed by atoms with E-state index in [0.717, 1.165) is 54.5 Å². The van der Waals surface area contributed by atoms with Crippen LogP contribution in [0.2, 0.25) is 0 Å². The second-order valence-electron chi connectivity index (χ2n) is 10.2. The number of nitrogens with zero attached hydrogens (tertiary/aromatic N) is 5. The predicted molar refractivity (Wildman–Crippen MR) is 148 cm³/mol. The van der Waals surface area contributed by atoms with Crippen LogP contribution < -0.4 is 10.5 Å². The first-order chi connectivity index (χ1) is 19.0. The monoisotopic (exact) mass is 572 g/mol. The Morgan fingerprint density at radius 3 is 2.60 bits per heavy atom. The Balaban J connectivity index is 1.41. The van der Waals surface area contributed by atoms with Gasteiger partial charge in [-0.15, -0.1) is 11.3 Å². The molecule has 1 aromatic carbocycles. The lowest BCUT2D eigenvalue weighted by molar-refractivity contribution is -0.139. The zero-order valence-electron chi connectivity index (χ0n) is 22.5. The smallest absolute Gasteiger partial charge is 0.416 e. The molecule has 1 fully saturated rings. The second-order valence-corrected chi connectivity index (χ2v) is 11.3. The highest BCUT2D eigenvalue weighted by atomic mass is 32.1. The molecule has 1 aliphatic rings. The quantitative estimate of drug-likeness (QED) is 0.310. The summed E-state index contributed by atoms with van der Waals surface area (Å²) >= 11 is 1.10. The number of rotatable bonds is 8. The van der Waals surface area contributed by atoms with Crippen molar-refractivity contribution in [2.75, 3.05) is 27.2 Å². The van der Waals surface area contributed by atoms with Crippen LogP contribution in [0.1, 0.15) is 52.4 Å². The summed E-state index contributed by atoms with van der Waals surface area (Å²) < 4.78 is 48.5. The van der Waals surface area contributed by atoms with Crippen LogP contribution in [0.15, 0.2) is 48.9 Å². The lowest BCUT2D eigenvalue weighted by atomic mass is 10.0. The number of nitrogens with two attached hydrogens (primary N) is 1. The Bertz CT molecular complexity index is 1510. The van der Waals surface area contributed by atoms with E-state index in [4.69, 9.17) is 10.5 Å². The zero-order chi connectivity index (χ0) is 28.6. The summed E-state index contributed by atoms with van der Waals surface area (Å²) in [4.78, 5) is 26.1. The topological polar surface area (TPSA) is 89.5 Å². The molecule has 1 atom stereocenters. The van der Waals surface area contributed by atoms with Crippen molar-refractivity contribution in [1.82, 2.24) is 24.3 Å². The summed E-state index contributed by atoms with van der Waals surface area (Å²) in [5.41, 5.74) is 7.19. The average Bonchev–Trinajstić information content (AvgIpc) is 3.52. The lowest BCUT2D eigenvalue weighted by Gasteiger charge is -2.34. The number of hydrogen-bond acceptors (Lipinski definition) is 7. The summed E-state index contributed by atoms with van der Waals surface area (Å²) in [5.74, 6) is -0.604. The molecular formula is C28H31F3N6O2S. The standard InChI is InChI=1S/C28H31F3N6O2S/c1-17(20-6-4-5-7-21(20)28(29,30)31)39-24-13-25(40-26(24)27(32)38)37-16-34-22-14-33-18(12-23(22)37)15-36-10-8-19(9-11-36)35(2)3/h4-7,12-14,16-17,19H,8-11,15H2,1-3H3,(H2,32,38)/t17-/m1/s1. The highest BCUT2D eigenvalue weighted by molar-refractivity contribution is 7.16. The third-order valence-corrected chi connectivity index (χ3v) is 8.45. The van der Waals surface area contributed by atoms with Gasteiger partial charge in [0.25, 0.3) is 5.91 Å². The molecule has 0 aliphatic carbocycles. The Kier molecular flexibility index (Phi) is 7.85. The van der Waals surface area contributed by atoms with Gasteiger partial charge in [0.2, 0.25) is 0 Å². The number of carbonyl (C=O) groups is 1. The fourth-order valence-corrected chi connectivity index (χ4v) is 6.07. The number of carbonyl (C=O) groups excluding carboxylic acids is 1. The predicted octanol–water partition coefficient (Wildman–Crippen LogP) is 5.27. The number of benzene rings is 1. The number of ether oxygens (including phenoxy) is 1. The lowest BCUT2D eigenvalue weighted by Crippen LogP contribution is -2.41. The molecule has 4 heterocycles. The normalized spacial score (nSPS) is 16.1. The number of imidazole rings is 1. The van der Waals surface area contributed by atoms with Crippen molar-refractivity contribution in [2.24, 2.45) is 5.73 Å². The van der Waals surface area contributed by atoms with Crippen molar-refractivity contribution in [1.29, 1.82) is 0 Å². The maximum atomic E-state index is 13.6. The molecule has 5 rings (SSSR count). The Morgan fingerprint density at radius 2 is 1.93 bits per heavy atom. The molecule has 212 valence electrons. The Labute approximate surface area is 234 Å². The molecule has 12 heteroatoms. The fourth-order valence-electron chi connectivity index (χ4n) is 5.14. The van der Waals surface area contributed by atoms with Gasteiger partial charge in [-0.3, -0.25) is 19.2 Å². The molecule has 8 nitrogen and oxygen atoms in total. The number of alkyl halides is 3. The molecule has 4 aromatic rings. The first-order valence-corrected chi connectivity index (χ1v) is 13.8. The highest BCUT2D eigenvalue weighted by Gasteiger charge is 2.35. The van der Waals surface area contributed by atoms with Gasteiger partial charge in [-0.25, -0.2) is 4.98 Å². The van der Waals surface area contributed by atoms with Crippen molar-refractivity contribution in [2.45, 2.75) is 44.6 Å². The molecule has 2 N–H and O–H groups in total. The molecule has 1 amide bonds. The van der Waals surface area contributed by atoms with Gasteiger partial charge in [0.1, 0.15) is 33.6 Å². The van der Waals surface area contributed by atoms with Crippen LogP contribution in [0, 0.1) is 0 Å². The van der Waals surface area contributed by atoms with Gasteiger partial charge in [-0.1, -0.05) is 18.2 Å². The number of fused-ring (bicyclic) bond motifs is 1. The summed E-state index contributed by atoms with van der Waals surface area (Å²) in [7, 11) is 4.23. The van der Waals surface area contributed by atoms with E-state index in [2.05, 4.69) is 33.9 Å². The minimum Gasteiger partial charge on any atom is -0.484 e. The number of halogens is 3. The first-order valence-electron chi connectivity index (χ1n) is 13.0. The largest absolute Gasteiger partial charge is 0.484 e. The molecule has 0 unspecified atom stereocenters. The second kappa shape index (κ2) is 11.2. The molecule has 3 aromatic heterocycles. The van der Waals surface area contributed by atoms with Crippen LogP contribution in [-0.2, 0) is 12.7 Å². The Morgan fingerprint density at radius 1 is 1.20 bits per heavy atom. The van der Waals surface area contributed by atoms with E-state index in [1.165, 1.54) is 25.1 Å². The van der Waals surface area contributed by atoms with Crippen molar-refractivity contribution >= 4 is 28.3 Å². The fraction of sp³-hybridized carbons (Fsp3) is 0.393. The maximum absolute atomic E-state index is 13.6. The van der Waals surface area contributed by atoms with Crippen LogP contribution in [0.3, 0.4) is 0 Å². The third-order valence-electron chi connectivity index (χ3n) is 7.32. The van der Waals surface area contributed by atoms with Gasteiger partial charge in [0.15, 0.2) is 0 Å². The highest BCUT2D eigenvalue weighted by Crippen LogP contribution is 2.39. The molecule has 0 saturated carbocycles. The van der Waals surface area contributed by atoms with Gasteiger partial charge >= 0.3 is 6.18 Å². The molecule has 40 heavy (non-hydrogen) atoms. The number of hydrogen-bond donors (Lipinski definition) is 1. The van der Waals surface area contributed by atoms with Gasteiger partial charge in [0.05, 0.1) is 23.0 Å². The first kappa shape index (κ1) is 28.1. The van der Waals surface area contributed by atoms with E-state index in [1.54, 1.807) is 18.6 Å². The number of piperidine rings is 1. The molecule has 0 bridgehead atoms. The van der Waals surface area contributed by atoms with Crippen molar-refractivity contribution < 1.29 is 22.7 Å². The van der Waals surface area contributed by atoms with E-state index in [-0.39, 0.29) is 16.2 Å². The van der Waals surface area contributed by atoms with Crippen LogP contribution in [0.25, 0.3) is 16.0 Å². The van der Waals surface area contributed by atoms with E-state index in [9.17, 15) is 18.0 Å². The number of primary amides is 1. The summed E-state index contributed by atoms with van der Waals surface area (Å²) in [6, 6.07) is 9.41. The molecule has 0 spiro atoms. The van der Waals surface area contributed by atoms with Gasteiger partial charge < -0.3 is 15.4 Å². The number of pyridine rings is 1. The van der Waals surface area contributed by atoms with E-state index in [1.807, 2.05) is 10.6 Å². The number of thiophene rings is 1. The SMILES string of the molecule is C[C@@H](Oc1cc(-n2cnc3cnc(CN4CCC(N(C)C)CC4)cc32)sc1C(N)=O)c1ccccc1C(F)(F)F. The molecule has 1 aliphatic heterocycles. The van der Waals surface area contributed by atoms with Crippen LogP contribution in [-0.4, -0.2) is 63.5 Å². The van der Waals surface area contributed by atoms with Crippen molar-refractivity contribution in [3.05, 3.63) is 70.6 Å². The van der Waals surface area contributed by atoms with Gasteiger partial charge in [0, 0.05) is 37.3 Å². The minimum atomic E-state index is -4.54.